The van der Waals surface area contributed by atoms with Gasteiger partial charge in [-0.1, -0.05) is 18.2 Å². The Morgan fingerprint density at radius 2 is 1.86 bits per heavy atom. The van der Waals surface area contributed by atoms with Gasteiger partial charge >= 0.3 is 0 Å². The molecule has 22 heavy (non-hydrogen) atoms. The van der Waals surface area contributed by atoms with Crippen molar-refractivity contribution >= 4 is 0 Å². The van der Waals surface area contributed by atoms with Gasteiger partial charge in [0.2, 0.25) is 0 Å². The molecule has 114 valence electrons. The Morgan fingerprint density at radius 3 is 2.64 bits per heavy atom. The average molecular weight is 295 g/mol. The normalized spacial score (nSPS) is 11.2. The number of hydrogen-bond acceptors (Lipinski definition) is 3. The van der Waals surface area contributed by atoms with Crippen LogP contribution in [0.25, 0.3) is 17.2 Å². The highest BCUT2D eigenvalue weighted by atomic mass is 15.3. The number of rotatable bonds is 6. The molecule has 0 bridgehead atoms. The Hall–Kier alpha value is -2.40. The number of aromatic nitrogens is 4. The van der Waals surface area contributed by atoms with Crippen molar-refractivity contribution in [3.05, 3.63) is 55.0 Å². The van der Waals surface area contributed by atoms with Crippen molar-refractivity contribution < 1.29 is 0 Å². The van der Waals surface area contributed by atoms with Gasteiger partial charge in [-0.2, -0.15) is 5.10 Å². The Labute approximate surface area is 130 Å². The monoisotopic (exact) mass is 295 g/mol. The molecule has 0 fully saturated rings. The fourth-order valence-corrected chi connectivity index (χ4v) is 2.53. The quantitative estimate of drug-likeness (QED) is 0.702. The van der Waals surface area contributed by atoms with Crippen molar-refractivity contribution in [1.82, 2.24) is 24.2 Å². The van der Waals surface area contributed by atoms with Crippen LogP contribution in [-0.2, 0) is 6.54 Å². The fraction of sp³-hybridized carbons (Fsp3) is 0.294. The van der Waals surface area contributed by atoms with Crippen molar-refractivity contribution in [1.29, 1.82) is 0 Å². The first-order valence-electron chi connectivity index (χ1n) is 7.51. The number of para-hydroxylation sites is 1. The van der Waals surface area contributed by atoms with Gasteiger partial charge in [-0.05, 0) is 45.3 Å². The third-order valence-corrected chi connectivity index (χ3v) is 3.59. The zero-order chi connectivity index (χ0) is 15.4. The highest BCUT2D eigenvalue weighted by molar-refractivity contribution is 5.54. The standard InChI is InChI=1S/C17H21N5/c1-20(2)12-6-13-21-14-11-18-17(21)16-9-10-19-22(16)15-7-4-3-5-8-15/h3-5,7-11,14H,6,12-13H2,1-2H3. The van der Waals surface area contributed by atoms with E-state index in [1.807, 2.05) is 47.5 Å². The maximum atomic E-state index is 4.53. The number of benzene rings is 1. The summed E-state index contributed by atoms with van der Waals surface area (Å²) in [6.07, 6.45) is 6.80. The zero-order valence-corrected chi connectivity index (χ0v) is 13.1. The summed E-state index contributed by atoms with van der Waals surface area (Å²) in [5, 5.41) is 4.45. The molecule has 0 amide bonds. The molecule has 5 heteroatoms. The van der Waals surface area contributed by atoms with Crippen LogP contribution >= 0.6 is 0 Å². The van der Waals surface area contributed by atoms with Crippen LogP contribution in [0.3, 0.4) is 0 Å². The topological polar surface area (TPSA) is 38.9 Å². The third-order valence-electron chi connectivity index (χ3n) is 3.59. The molecule has 5 nitrogen and oxygen atoms in total. The predicted molar refractivity (Wildman–Crippen MR) is 88.0 cm³/mol. The highest BCUT2D eigenvalue weighted by Gasteiger charge is 2.12. The van der Waals surface area contributed by atoms with Gasteiger partial charge in [-0.3, -0.25) is 0 Å². The molecular formula is C17H21N5. The number of imidazole rings is 1. The largest absolute Gasteiger partial charge is 0.330 e. The van der Waals surface area contributed by atoms with E-state index in [-0.39, 0.29) is 0 Å². The molecule has 2 aromatic heterocycles. The van der Waals surface area contributed by atoms with Crippen molar-refractivity contribution in [2.75, 3.05) is 20.6 Å². The summed E-state index contributed by atoms with van der Waals surface area (Å²) in [5.41, 5.74) is 2.06. The lowest BCUT2D eigenvalue weighted by atomic mass is 10.3. The van der Waals surface area contributed by atoms with Gasteiger partial charge in [0, 0.05) is 18.9 Å². The molecule has 0 unspecified atom stereocenters. The van der Waals surface area contributed by atoms with Gasteiger partial charge in [0.1, 0.15) is 5.69 Å². The minimum Gasteiger partial charge on any atom is -0.330 e. The Balaban J connectivity index is 1.87. The summed E-state index contributed by atoms with van der Waals surface area (Å²) in [6, 6.07) is 12.2. The molecule has 0 aliphatic heterocycles. The minimum atomic E-state index is 0.952. The maximum absolute atomic E-state index is 4.53. The summed E-state index contributed by atoms with van der Waals surface area (Å²) in [5.74, 6) is 0.958. The smallest absolute Gasteiger partial charge is 0.158 e. The van der Waals surface area contributed by atoms with E-state index >= 15 is 0 Å². The molecule has 0 spiro atoms. The molecule has 0 N–H and O–H groups in total. The van der Waals surface area contributed by atoms with Crippen molar-refractivity contribution in [2.24, 2.45) is 0 Å². The Kier molecular flexibility index (Phi) is 4.34. The zero-order valence-electron chi connectivity index (χ0n) is 13.1. The maximum Gasteiger partial charge on any atom is 0.158 e. The molecular weight excluding hydrogens is 274 g/mol. The molecule has 0 atom stereocenters. The van der Waals surface area contributed by atoms with Crippen LogP contribution in [0.4, 0.5) is 0 Å². The Bertz CT molecular complexity index is 711. The average Bonchev–Trinajstić information content (AvgIpc) is 3.15. The van der Waals surface area contributed by atoms with E-state index in [2.05, 4.69) is 45.8 Å². The summed E-state index contributed by atoms with van der Waals surface area (Å²) < 4.78 is 4.13. The van der Waals surface area contributed by atoms with Crippen LogP contribution in [0, 0.1) is 0 Å². The van der Waals surface area contributed by atoms with E-state index in [0.717, 1.165) is 36.7 Å². The van der Waals surface area contributed by atoms with E-state index in [4.69, 9.17) is 0 Å². The van der Waals surface area contributed by atoms with Crippen molar-refractivity contribution in [3.63, 3.8) is 0 Å². The summed E-state index contributed by atoms with van der Waals surface area (Å²) in [4.78, 5) is 6.73. The van der Waals surface area contributed by atoms with E-state index in [0.29, 0.717) is 0 Å². The van der Waals surface area contributed by atoms with Gasteiger partial charge in [0.25, 0.3) is 0 Å². The molecule has 0 radical (unpaired) electrons. The van der Waals surface area contributed by atoms with Crippen LogP contribution in [0.2, 0.25) is 0 Å². The van der Waals surface area contributed by atoms with Crippen molar-refractivity contribution in [3.8, 4) is 17.2 Å². The van der Waals surface area contributed by atoms with Crippen LogP contribution in [-0.4, -0.2) is 44.9 Å². The first-order chi connectivity index (χ1) is 10.8. The van der Waals surface area contributed by atoms with Crippen LogP contribution in [0.5, 0.6) is 0 Å². The van der Waals surface area contributed by atoms with Crippen molar-refractivity contribution in [2.45, 2.75) is 13.0 Å². The lowest BCUT2D eigenvalue weighted by Crippen LogP contribution is -2.15. The number of hydrogen-bond donors (Lipinski definition) is 0. The van der Waals surface area contributed by atoms with Crippen LogP contribution in [0.1, 0.15) is 6.42 Å². The van der Waals surface area contributed by atoms with Crippen LogP contribution < -0.4 is 0 Å². The molecule has 0 saturated heterocycles. The fourth-order valence-electron chi connectivity index (χ4n) is 2.53. The van der Waals surface area contributed by atoms with Crippen LogP contribution in [0.15, 0.2) is 55.0 Å². The van der Waals surface area contributed by atoms with E-state index in [9.17, 15) is 0 Å². The SMILES string of the molecule is CN(C)CCCn1ccnc1-c1ccnn1-c1ccccc1. The van der Waals surface area contributed by atoms with Gasteiger partial charge in [0.15, 0.2) is 5.82 Å². The molecule has 3 aromatic rings. The predicted octanol–water partition coefficient (Wildman–Crippen LogP) is 2.69. The lowest BCUT2D eigenvalue weighted by Gasteiger charge is -2.12. The minimum absolute atomic E-state index is 0.952. The first-order valence-corrected chi connectivity index (χ1v) is 7.51. The first kappa shape index (κ1) is 14.5. The number of aryl methyl sites for hydroxylation is 1. The Morgan fingerprint density at radius 1 is 1.05 bits per heavy atom. The van der Waals surface area contributed by atoms with Gasteiger partial charge in [-0.15, -0.1) is 0 Å². The second kappa shape index (κ2) is 6.58. The molecule has 3 rings (SSSR count). The molecule has 0 aliphatic rings. The molecule has 0 saturated carbocycles. The second-order valence-corrected chi connectivity index (χ2v) is 5.56. The van der Waals surface area contributed by atoms with E-state index < -0.39 is 0 Å². The molecule has 2 heterocycles. The van der Waals surface area contributed by atoms with Gasteiger partial charge in [-0.25, -0.2) is 9.67 Å². The molecule has 1 aromatic carbocycles. The number of nitrogens with zero attached hydrogens (tertiary/aromatic N) is 5. The van der Waals surface area contributed by atoms with E-state index in [1.165, 1.54) is 0 Å². The van der Waals surface area contributed by atoms with E-state index in [1.54, 1.807) is 0 Å². The van der Waals surface area contributed by atoms with Gasteiger partial charge in [0.05, 0.1) is 11.9 Å². The van der Waals surface area contributed by atoms with Gasteiger partial charge < -0.3 is 9.47 Å². The summed E-state index contributed by atoms with van der Waals surface area (Å²) >= 11 is 0. The summed E-state index contributed by atoms with van der Waals surface area (Å²) in [7, 11) is 4.19. The highest BCUT2D eigenvalue weighted by Crippen LogP contribution is 2.21. The third kappa shape index (κ3) is 3.09. The summed E-state index contributed by atoms with van der Waals surface area (Å²) in [6.45, 7) is 2.02. The second-order valence-electron chi connectivity index (χ2n) is 5.56. The lowest BCUT2D eigenvalue weighted by molar-refractivity contribution is 0.387. The molecule has 0 aliphatic carbocycles.